The maximum absolute atomic E-state index is 6.14. The molecule has 0 radical (unpaired) electrons. The van der Waals surface area contributed by atoms with Gasteiger partial charge in [-0.25, -0.2) is 0 Å². The lowest BCUT2D eigenvalue weighted by Gasteiger charge is -2.38. The molecule has 68 valence electrons. The molecule has 0 bridgehead atoms. The molecule has 12 heavy (non-hydrogen) atoms. The van der Waals surface area contributed by atoms with Crippen molar-refractivity contribution in [1.29, 1.82) is 0 Å². The van der Waals surface area contributed by atoms with Crippen LogP contribution >= 0.6 is 0 Å². The zero-order valence-electron chi connectivity index (χ0n) is 7.98. The highest BCUT2D eigenvalue weighted by atomic mass is 15.0. The Morgan fingerprint density at radius 3 is 3.08 bits per heavy atom. The molecule has 2 unspecified atom stereocenters. The van der Waals surface area contributed by atoms with E-state index in [4.69, 9.17) is 5.73 Å². The summed E-state index contributed by atoms with van der Waals surface area (Å²) in [6.45, 7) is 5.43. The molecule has 0 saturated heterocycles. The Kier molecular flexibility index (Phi) is 1.69. The third kappa shape index (κ3) is 0.908. The van der Waals surface area contributed by atoms with E-state index in [-0.39, 0.29) is 5.41 Å². The molecule has 2 atom stereocenters. The Labute approximate surface area is 74.2 Å². The Hall–Kier alpha value is -0.500. The Balaban J connectivity index is 2.37. The molecule has 0 aromatic rings. The number of fused-ring (bicyclic) bond motifs is 1. The lowest BCUT2D eigenvalue weighted by molar-refractivity contribution is 0.289. The number of nitrogens with two attached hydrogens (primary N) is 1. The predicted octanol–water partition coefficient (Wildman–Crippen LogP) is 1.38. The van der Waals surface area contributed by atoms with Gasteiger partial charge in [0.05, 0.1) is 0 Å². The van der Waals surface area contributed by atoms with Crippen molar-refractivity contribution in [2.75, 3.05) is 6.54 Å². The van der Waals surface area contributed by atoms with E-state index >= 15 is 0 Å². The molecular formula is C10H18N2. The van der Waals surface area contributed by atoms with Crippen molar-refractivity contribution in [1.82, 2.24) is 5.32 Å². The normalized spacial score (nSPS) is 41.7. The summed E-state index contributed by atoms with van der Waals surface area (Å²) in [4.78, 5) is 0. The van der Waals surface area contributed by atoms with Crippen molar-refractivity contribution in [3.63, 3.8) is 0 Å². The van der Waals surface area contributed by atoms with Crippen LogP contribution < -0.4 is 11.1 Å². The van der Waals surface area contributed by atoms with Crippen LogP contribution in [0.15, 0.2) is 11.3 Å². The Bertz CT molecular complexity index is 232. The van der Waals surface area contributed by atoms with Gasteiger partial charge in [0.2, 0.25) is 0 Å². The topological polar surface area (TPSA) is 38.0 Å². The minimum atomic E-state index is 0.266. The molecule has 2 rings (SSSR count). The van der Waals surface area contributed by atoms with Crippen molar-refractivity contribution in [2.24, 2.45) is 11.1 Å². The van der Waals surface area contributed by atoms with Gasteiger partial charge in [0.1, 0.15) is 0 Å². The highest BCUT2D eigenvalue weighted by Gasteiger charge is 2.43. The van der Waals surface area contributed by atoms with Crippen molar-refractivity contribution in [3.05, 3.63) is 11.3 Å². The van der Waals surface area contributed by atoms with Crippen LogP contribution in [0, 0.1) is 5.41 Å². The van der Waals surface area contributed by atoms with Gasteiger partial charge >= 0.3 is 0 Å². The molecule has 1 aliphatic heterocycles. The first kappa shape index (κ1) is 8.11. The van der Waals surface area contributed by atoms with Gasteiger partial charge in [-0.2, -0.15) is 0 Å². The van der Waals surface area contributed by atoms with Gasteiger partial charge in [0.15, 0.2) is 0 Å². The molecular weight excluding hydrogens is 148 g/mol. The van der Waals surface area contributed by atoms with E-state index in [0.29, 0.717) is 6.04 Å². The zero-order valence-corrected chi connectivity index (χ0v) is 7.98. The second-order valence-corrected chi connectivity index (χ2v) is 4.44. The molecule has 0 aromatic heterocycles. The van der Waals surface area contributed by atoms with Gasteiger partial charge < -0.3 is 11.1 Å². The summed E-state index contributed by atoms with van der Waals surface area (Å²) < 4.78 is 0. The van der Waals surface area contributed by atoms with Crippen LogP contribution in [0.3, 0.4) is 0 Å². The van der Waals surface area contributed by atoms with E-state index < -0.39 is 0 Å². The number of rotatable bonds is 0. The monoisotopic (exact) mass is 166 g/mol. The van der Waals surface area contributed by atoms with Gasteiger partial charge in [-0.3, -0.25) is 0 Å². The molecule has 1 fully saturated rings. The highest BCUT2D eigenvalue weighted by molar-refractivity contribution is 5.26. The third-order valence-corrected chi connectivity index (χ3v) is 3.65. The molecule has 3 N–H and O–H groups in total. The molecule has 1 heterocycles. The average molecular weight is 166 g/mol. The summed E-state index contributed by atoms with van der Waals surface area (Å²) in [6.07, 6.45) is 3.88. The van der Waals surface area contributed by atoms with Crippen LogP contribution in [0.1, 0.15) is 33.1 Å². The quantitative estimate of drug-likeness (QED) is 0.570. The molecule has 2 nitrogen and oxygen atoms in total. The SMILES string of the molecule is CC1=C(N)C2(C)CCCC2NC1. The summed E-state index contributed by atoms with van der Waals surface area (Å²) >= 11 is 0. The first-order chi connectivity index (χ1) is 5.64. The molecule has 0 aromatic carbocycles. The molecule has 2 heteroatoms. The molecule has 1 aliphatic carbocycles. The highest BCUT2D eigenvalue weighted by Crippen LogP contribution is 2.44. The van der Waals surface area contributed by atoms with Crippen LogP contribution in [0.4, 0.5) is 0 Å². The van der Waals surface area contributed by atoms with Gasteiger partial charge in [-0.15, -0.1) is 0 Å². The Morgan fingerprint density at radius 1 is 1.58 bits per heavy atom. The van der Waals surface area contributed by atoms with Crippen molar-refractivity contribution < 1.29 is 0 Å². The largest absolute Gasteiger partial charge is 0.402 e. The van der Waals surface area contributed by atoms with E-state index in [1.807, 2.05) is 0 Å². The van der Waals surface area contributed by atoms with E-state index in [0.717, 1.165) is 12.2 Å². The van der Waals surface area contributed by atoms with Gasteiger partial charge in [0.25, 0.3) is 0 Å². The van der Waals surface area contributed by atoms with E-state index in [9.17, 15) is 0 Å². The first-order valence-electron chi connectivity index (χ1n) is 4.83. The fraction of sp³-hybridized carbons (Fsp3) is 0.800. The van der Waals surface area contributed by atoms with Crippen molar-refractivity contribution >= 4 is 0 Å². The van der Waals surface area contributed by atoms with Gasteiger partial charge in [-0.1, -0.05) is 13.3 Å². The number of hydrogen-bond acceptors (Lipinski definition) is 2. The Morgan fingerprint density at radius 2 is 2.33 bits per heavy atom. The summed E-state index contributed by atoms with van der Waals surface area (Å²) in [5.41, 5.74) is 8.90. The van der Waals surface area contributed by atoms with Crippen molar-refractivity contribution in [2.45, 2.75) is 39.2 Å². The fourth-order valence-corrected chi connectivity index (χ4v) is 2.67. The lowest BCUT2D eigenvalue weighted by Crippen LogP contribution is -2.48. The second-order valence-electron chi connectivity index (χ2n) is 4.44. The van der Waals surface area contributed by atoms with Crippen LogP contribution in [0.5, 0.6) is 0 Å². The maximum Gasteiger partial charge on any atom is 0.0224 e. The number of nitrogens with one attached hydrogen (secondary N) is 1. The molecule has 1 saturated carbocycles. The lowest BCUT2D eigenvalue weighted by atomic mass is 9.77. The van der Waals surface area contributed by atoms with E-state index in [1.165, 1.54) is 24.8 Å². The molecule has 0 spiro atoms. The van der Waals surface area contributed by atoms with Crippen LogP contribution in [-0.2, 0) is 0 Å². The zero-order chi connectivity index (χ0) is 8.77. The minimum absolute atomic E-state index is 0.266. The minimum Gasteiger partial charge on any atom is -0.402 e. The molecule has 0 amide bonds. The fourth-order valence-electron chi connectivity index (χ4n) is 2.67. The van der Waals surface area contributed by atoms with Crippen LogP contribution in [-0.4, -0.2) is 12.6 Å². The number of hydrogen-bond donors (Lipinski definition) is 2. The van der Waals surface area contributed by atoms with E-state index in [1.54, 1.807) is 0 Å². The molecule has 2 aliphatic rings. The smallest absolute Gasteiger partial charge is 0.0224 e. The summed E-state index contributed by atoms with van der Waals surface area (Å²) in [7, 11) is 0. The predicted molar refractivity (Wildman–Crippen MR) is 50.6 cm³/mol. The van der Waals surface area contributed by atoms with Gasteiger partial charge in [-0.05, 0) is 25.3 Å². The van der Waals surface area contributed by atoms with Gasteiger partial charge in [0, 0.05) is 23.7 Å². The summed E-state index contributed by atoms with van der Waals surface area (Å²) in [5, 5.41) is 3.56. The summed E-state index contributed by atoms with van der Waals surface area (Å²) in [6, 6.07) is 0.640. The van der Waals surface area contributed by atoms with E-state index in [2.05, 4.69) is 19.2 Å². The van der Waals surface area contributed by atoms with Crippen molar-refractivity contribution in [3.8, 4) is 0 Å². The average Bonchev–Trinajstić information content (AvgIpc) is 2.42. The van der Waals surface area contributed by atoms with Crippen LogP contribution in [0.2, 0.25) is 0 Å². The third-order valence-electron chi connectivity index (χ3n) is 3.65. The maximum atomic E-state index is 6.14. The standard InChI is InChI=1S/C10H18N2/c1-7-6-12-8-4-3-5-10(8,2)9(7)11/h8,12H,3-6,11H2,1-2H3. The first-order valence-corrected chi connectivity index (χ1v) is 4.83. The van der Waals surface area contributed by atoms with Crippen LogP contribution in [0.25, 0.3) is 0 Å². The second kappa shape index (κ2) is 2.49. The summed E-state index contributed by atoms with van der Waals surface area (Å²) in [5.74, 6) is 0.